The Kier molecular flexibility index (Phi) is 6.61. The fraction of sp³-hybridized carbons (Fsp3) is 0.148. The molecule has 1 aromatic heterocycles. The Hall–Kier alpha value is -3.33. The average Bonchev–Trinajstić information content (AvgIpc) is 3.20. The van der Waals surface area contributed by atoms with E-state index in [0.29, 0.717) is 0 Å². The number of aromatic nitrogens is 2. The maximum absolute atomic E-state index is 4.77. The SMILES string of the molecule is CCc1cnc([B]C(=Cc2ccccc2)c2ccccc2)n1CCc1ccccc1. The van der Waals surface area contributed by atoms with Crippen LogP contribution in [0.15, 0.2) is 97.2 Å². The molecule has 4 rings (SSSR count). The standard InChI is InChI=1S/C27H26BN2/c1-2-25-21-29-27(30(25)19-18-22-12-6-3-7-13-22)28-26(24-16-10-5-11-17-24)20-23-14-8-4-9-15-23/h3-17,20-21H,2,18-19H2,1H3. The number of aryl methyl sites for hydroxylation is 2. The first-order valence-corrected chi connectivity index (χ1v) is 10.6. The molecule has 0 unspecified atom stereocenters. The molecule has 147 valence electrons. The average molecular weight is 389 g/mol. The van der Waals surface area contributed by atoms with Gasteiger partial charge in [-0.3, -0.25) is 4.98 Å². The molecule has 0 saturated carbocycles. The van der Waals surface area contributed by atoms with Gasteiger partial charge in [-0.2, -0.15) is 0 Å². The van der Waals surface area contributed by atoms with Crippen molar-refractivity contribution in [2.75, 3.05) is 0 Å². The fourth-order valence-electron chi connectivity index (χ4n) is 3.68. The maximum Gasteiger partial charge on any atom is 0.241 e. The summed E-state index contributed by atoms with van der Waals surface area (Å²) in [7, 11) is 2.21. The zero-order chi connectivity index (χ0) is 20.6. The van der Waals surface area contributed by atoms with E-state index in [0.717, 1.165) is 30.6 Å². The zero-order valence-corrected chi connectivity index (χ0v) is 17.4. The lowest BCUT2D eigenvalue weighted by Gasteiger charge is -2.13. The summed E-state index contributed by atoms with van der Waals surface area (Å²) in [4.78, 5) is 4.77. The molecule has 30 heavy (non-hydrogen) atoms. The molecule has 0 aliphatic rings. The van der Waals surface area contributed by atoms with Gasteiger partial charge >= 0.3 is 0 Å². The van der Waals surface area contributed by atoms with Gasteiger partial charge in [0.1, 0.15) is 0 Å². The summed E-state index contributed by atoms with van der Waals surface area (Å²) in [5.74, 6) is 0. The molecular weight excluding hydrogens is 363 g/mol. The van der Waals surface area contributed by atoms with Crippen LogP contribution in [0.1, 0.15) is 29.3 Å². The molecule has 2 nitrogen and oxygen atoms in total. The van der Waals surface area contributed by atoms with Crippen LogP contribution in [0.5, 0.6) is 0 Å². The van der Waals surface area contributed by atoms with Crippen molar-refractivity contribution < 1.29 is 0 Å². The van der Waals surface area contributed by atoms with E-state index in [1.54, 1.807) is 0 Å². The summed E-state index contributed by atoms with van der Waals surface area (Å²) in [5.41, 5.74) is 7.17. The lowest BCUT2D eigenvalue weighted by Crippen LogP contribution is -2.29. The van der Waals surface area contributed by atoms with Gasteiger partial charge < -0.3 is 4.57 Å². The van der Waals surface area contributed by atoms with E-state index in [9.17, 15) is 0 Å². The van der Waals surface area contributed by atoms with Crippen molar-refractivity contribution in [1.29, 1.82) is 0 Å². The molecule has 0 spiro atoms. The van der Waals surface area contributed by atoms with Gasteiger partial charge in [0.25, 0.3) is 0 Å². The molecular formula is C27H26BN2. The van der Waals surface area contributed by atoms with Gasteiger partial charge in [-0.1, -0.05) is 109 Å². The molecule has 4 aromatic rings. The molecule has 0 aliphatic carbocycles. The fourth-order valence-corrected chi connectivity index (χ4v) is 3.68. The molecule has 0 aliphatic heterocycles. The summed E-state index contributed by atoms with van der Waals surface area (Å²) < 4.78 is 2.36. The first-order chi connectivity index (χ1) is 14.8. The largest absolute Gasteiger partial charge is 0.340 e. The minimum atomic E-state index is 0.923. The highest BCUT2D eigenvalue weighted by Gasteiger charge is 2.14. The first kappa shape index (κ1) is 20.0. The third-order valence-corrected chi connectivity index (χ3v) is 5.31. The third kappa shape index (κ3) is 4.98. The Balaban J connectivity index is 1.64. The van der Waals surface area contributed by atoms with Crippen molar-refractivity contribution in [1.82, 2.24) is 9.55 Å². The Labute approximate surface area is 180 Å². The van der Waals surface area contributed by atoms with E-state index in [1.165, 1.54) is 22.4 Å². The molecule has 0 saturated heterocycles. The second kappa shape index (κ2) is 9.93. The highest BCUT2D eigenvalue weighted by Crippen LogP contribution is 2.17. The Morgan fingerprint density at radius 1 is 0.867 bits per heavy atom. The van der Waals surface area contributed by atoms with Crippen molar-refractivity contribution in [3.63, 3.8) is 0 Å². The predicted molar refractivity (Wildman–Crippen MR) is 128 cm³/mol. The van der Waals surface area contributed by atoms with Crippen molar-refractivity contribution in [2.24, 2.45) is 0 Å². The quantitative estimate of drug-likeness (QED) is 0.299. The van der Waals surface area contributed by atoms with Crippen LogP contribution in [0.3, 0.4) is 0 Å². The van der Waals surface area contributed by atoms with Crippen LogP contribution in [-0.2, 0) is 19.4 Å². The van der Waals surface area contributed by atoms with Gasteiger partial charge in [-0.05, 0) is 29.5 Å². The molecule has 0 amide bonds. The maximum atomic E-state index is 4.77. The van der Waals surface area contributed by atoms with Gasteiger partial charge in [0.15, 0.2) is 0 Å². The Morgan fingerprint density at radius 3 is 2.17 bits per heavy atom. The highest BCUT2D eigenvalue weighted by atomic mass is 15.1. The molecule has 3 aromatic carbocycles. The van der Waals surface area contributed by atoms with E-state index in [1.807, 2.05) is 12.3 Å². The molecule has 1 heterocycles. The van der Waals surface area contributed by atoms with E-state index >= 15 is 0 Å². The molecule has 0 fully saturated rings. The highest BCUT2D eigenvalue weighted by molar-refractivity contribution is 6.73. The number of nitrogens with zero attached hydrogens (tertiary/aromatic N) is 2. The second-order valence-corrected chi connectivity index (χ2v) is 7.37. The summed E-state index contributed by atoms with van der Waals surface area (Å²) in [6.07, 6.45) is 6.21. The minimum Gasteiger partial charge on any atom is -0.340 e. The summed E-state index contributed by atoms with van der Waals surface area (Å²) in [6, 6.07) is 31.7. The smallest absolute Gasteiger partial charge is 0.241 e. The van der Waals surface area contributed by atoms with Gasteiger partial charge in [0, 0.05) is 18.4 Å². The normalized spacial score (nSPS) is 11.4. The van der Waals surface area contributed by atoms with E-state index in [-0.39, 0.29) is 0 Å². The van der Waals surface area contributed by atoms with Crippen LogP contribution < -0.4 is 5.72 Å². The van der Waals surface area contributed by atoms with Crippen LogP contribution in [0.2, 0.25) is 0 Å². The number of benzene rings is 3. The Morgan fingerprint density at radius 2 is 1.50 bits per heavy atom. The minimum absolute atomic E-state index is 0.923. The second-order valence-electron chi connectivity index (χ2n) is 7.37. The van der Waals surface area contributed by atoms with Crippen molar-refractivity contribution in [3.05, 3.63) is 120 Å². The Bertz CT molecular complexity index is 1080. The van der Waals surface area contributed by atoms with Crippen LogP contribution in [0.25, 0.3) is 11.5 Å². The number of hydrogen-bond acceptors (Lipinski definition) is 1. The third-order valence-electron chi connectivity index (χ3n) is 5.31. The van der Waals surface area contributed by atoms with Gasteiger partial charge in [-0.25, -0.2) is 0 Å². The topological polar surface area (TPSA) is 17.8 Å². The predicted octanol–water partition coefficient (Wildman–Crippen LogP) is 5.22. The van der Waals surface area contributed by atoms with Gasteiger partial charge in [0.05, 0.1) is 5.72 Å². The molecule has 0 bridgehead atoms. The van der Waals surface area contributed by atoms with E-state index in [4.69, 9.17) is 4.98 Å². The van der Waals surface area contributed by atoms with Crippen molar-refractivity contribution >= 4 is 24.6 Å². The molecule has 0 N–H and O–H groups in total. The number of hydrogen-bond donors (Lipinski definition) is 0. The van der Waals surface area contributed by atoms with E-state index in [2.05, 4.69) is 110 Å². The molecule has 1 radical (unpaired) electrons. The van der Waals surface area contributed by atoms with Crippen LogP contribution in [0.4, 0.5) is 0 Å². The molecule has 0 atom stereocenters. The van der Waals surface area contributed by atoms with Crippen molar-refractivity contribution in [3.8, 4) is 0 Å². The summed E-state index contributed by atoms with van der Waals surface area (Å²) in [6.45, 7) is 3.12. The van der Waals surface area contributed by atoms with Crippen molar-refractivity contribution in [2.45, 2.75) is 26.3 Å². The van der Waals surface area contributed by atoms with E-state index < -0.39 is 0 Å². The van der Waals surface area contributed by atoms with Gasteiger partial charge in [0.2, 0.25) is 7.28 Å². The lowest BCUT2D eigenvalue weighted by molar-refractivity contribution is 0.680. The lowest BCUT2D eigenvalue weighted by atomic mass is 9.65. The zero-order valence-electron chi connectivity index (χ0n) is 17.4. The number of rotatable bonds is 8. The monoisotopic (exact) mass is 389 g/mol. The van der Waals surface area contributed by atoms with Crippen LogP contribution in [0, 0.1) is 0 Å². The van der Waals surface area contributed by atoms with Crippen LogP contribution in [-0.4, -0.2) is 16.8 Å². The summed E-state index contributed by atoms with van der Waals surface area (Å²) >= 11 is 0. The van der Waals surface area contributed by atoms with Crippen LogP contribution >= 0.6 is 0 Å². The summed E-state index contributed by atoms with van der Waals surface area (Å²) in [5, 5.41) is 0. The molecule has 3 heteroatoms. The van der Waals surface area contributed by atoms with Gasteiger partial charge in [-0.15, -0.1) is 0 Å². The number of imidazole rings is 1. The first-order valence-electron chi connectivity index (χ1n) is 10.6.